The van der Waals surface area contributed by atoms with E-state index in [1.54, 1.807) is 33.1 Å². The first-order valence-corrected chi connectivity index (χ1v) is 14.6. The topological polar surface area (TPSA) is 92.7 Å². The molecule has 4 rings (SSSR count). The van der Waals surface area contributed by atoms with E-state index in [-0.39, 0.29) is 30.5 Å². The minimum Gasteiger partial charge on any atom is -0.497 e. The highest BCUT2D eigenvalue weighted by molar-refractivity contribution is 5.99. The van der Waals surface area contributed by atoms with E-state index in [0.717, 1.165) is 11.4 Å². The summed E-state index contributed by atoms with van der Waals surface area (Å²) < 4.78 is 46.0. The van der Waals surface area contributed by atoms with Crippen molar-refractivity contribution >= 4 is 47.1 Å². The fraction of sp³-hybridized carbons (Fsp3) is 0.265. The Bertz CT molecular complexity index is 1580. The number of nitrogens with zero attached hydrogens (tertiary/aromatic N) is 3. The number of hydrogen-bond donors (Lipinski definition) is 1. The van der Waals surface area contributed by atoms with E-state index in [1.165, 1.54) is 48.6 Å². The lowest BCUT2D eigenvalue weighted by molar-refractivity contribution is -0.138. The zero-order valence-electron chi connectivity index (χ0n) is 25.5. The molecule has 9 nitrogen and oxygen atoms in total. The minimum atomic E-state index is -0.633. The van der Waals surface area contributed by atoms with E-state index in [4.69, 9.17) is 14.2 Å². The van der Waals surface area contributed by atoms with Crippen LogP contribution in [0.15, 0.2) is 77.8 Å². The maximum absolute atomic E-state index is 15.3. The van der Waals surface area contributed by atoms with Gasteiger partial charge in [-0.15, -0.1) is 0 Å². The predicted molar refractivity (Wildman–Crippen MR) is 172 cm³/mol. The van der Waals surface area contributed by atoms with Gasteiger partial charge >= 0.3 is 11.9 Å². The number of piperazine rings is 1. The maximum Gasteiger partial charge on any atom is 0.330 e. The van der Waals surface area contributed by atoms with Crippen LogP contribution in [-0.4, -0.2) is 69.3 Å². The van der Waals surface area contributed by atoms with E-state index < -0.39 is 23.6 Å². The fourth-order valence-electron chi connectivity index (χ4n) is 4.67. The number of halogens is 2. The average molecular weight is 619 g/mol. The summed E-state index contributed by atoms with van der Waals surface area (Å²) in [6, 6.07) is 16.6. The Morgan fingerprint density at radius 2 is 1.44 bits per heavy atom. The van der Waals surface area contributed by atoms with Gasteiger partial charge in [-0.25, -0.2) is 23.4 Å². The van der Waals surface area contributed by atoms with Crippen LogP contribution in [0.2, 0.25) is 0 Å². The number of para-hydroxylation sites is 2. The zero-order chi connectivity index (χ0) is 32.2. The molecule has 1 aliphatic heterocycles. The lowest BCUT2D eigenvalue weighted by Gasteiger charge is -2.38. The van der Waals surface area contributed by atoms with Crippen LogP contribution >= 0.6 is 0 Å². The lowest BCUT2D eigenvalue weighted by atomic mass is 10.1. The third kappa shape index (κ3) is 8.91. The Kier molecular flexibility index (Phi) is 11.7. The van der Waals surface area contributed by atoms with Crippen molar-refractivity contribution in [2.75, 3.05) is 56.7 Å². The first-order valence-electron chi connectivity index (χ1n) is 14.6. The number of guanidine groups is 1. The van der Waals surface area contributed by atoms with Gasteiger partial charge < -0.3 is 29.3 Å². The van der Waals surface area contributed by atoms with E-state index in [0.29, 0.717) is 37.3 Å². The summed E-state index contributed by atoms with van der Waals surface area (Å²) in [4.78, 5) is 32.7. The van der Waals surface area contributed by atoms with Crippen LogP contribution < -0.4 is 15.0 Å². The number of esters is 2. The number of nitrogens with one attached hydrogen (secondary N) is 1. The zero-order valence-corrected chi connectivity index (χ0v) is 25.5. The number of anilines is 2. The molecule has 0 unspecified atom stereocenters. The smallest absolute Gasteiger partial charge is 0.330 e. The molecule has 0 bridgehead atoms. The number of carbonyl (C=O) groups is 2. The first kappa shape index (κ1) is 32.7. The van der Waals surface area contributed by atoms with E-state index >= 15 is 8.78 Å². The molecule has 0 saturated carbocycles. The van der Waals surface area contributed by atoms with Crippen LogP contribution in [0.4, 0.5) is 25.8 Å². The first-order chi connectivity index (χ1) is 21.8. The SMILES string of the molecule is CCOC(=O)/C=C/c1cccc(F)c1N=C(Nc1c(F)cccc1/C=C/C(=O)OCC)N1CCN(c2cccc(OC)c2)CC1. The summed E-state index contributed by atoms with van der Waals surface area (Å²) in [6.45, 7) is 5.89. The van der Waals surface area contributed by atoms with Crippen molar-refractivity contribution < 1.29 is 32.6 Å². The highest BCUT2D eigenvalue weighted by Gasteiger charge is 2.23. The van der Waals surface area contributed by atoms with Crippen LogP contribution in [-0.2, 0) is 19.1 Å². The molecule has 1 N–H and O–H groups in total. The number of aliphatic imine (C=N–C) groups is 1. The summed E-state index contributed by atoms with van der Waals surface area (Å²) >= 11 is 0. The largest absolute Gasteiger partial charge is 0.497 e. The quantitative estimate of drug-likeness (QED) is 0.127. The molecule has 1 aliphatic rings. The van der Waals surface area contributed by atoms with Crippen LogP contribution in [0, 0.1) is 11.6 Å². The molecule has 3 aromatic rings. The second kappa shape index (κ2) is 16.0. The van der Waals surface area contributed by atoms with Crippen molar-refractivity contribution in [3.05, 3.63) is 95.6 Å². The van der Waals surface area contributed by atoms with Crippen LogP contribution in [0.25, 0.3) is 12.2 Å². The summed E-state index contributed by atoms with van der Waals surface area (Å²) in [7, 11) is 1.61. The van der Waals surface area contributed by atoms with Gasteiger partial charge in [0.25, 0.3) is 0 Å². The van der Waals surface area contributed by atoms with E-state index in [1.807, 2.05) is 29.2 Å². The normalized spacial score (nSPS) is 13.8. The third-order valence-electron chi connectivity index (χ3n) is 6.89. The maximum atomic E-state index is 15.3. The monoisotopic (exact) mass is 618 g/mol. The lowest BCUT2D eigenvalue weighted by Crippen LogP contribution is -2.50. The Morgan fingerprint density at radius 3 is 2.09 bits per heavy atom. The molecule has 1 saturated heterocycles. The molecule has 1 heterocycles. The summed E-state index contributed by atoms with van der Waals surface area (Å²) in [5.74, 6) is -1.45. The van der Waals surface area contributed by atoms with Gasteiger partial charge in [0.05, 0.1) is 26.0 Å². The van der Waals surface area contributed by atoms with Crippen LogP contribution in [0.3, 0.4) is 0 Å². The third-order valence-corrected chi connectivity index (χ3v) is 6.89. The molecule has 0 atom stereocenters. The van der Waals surface area contributed by atoms with E-state index in [2.05, 4.69) is 15.2 Å². The van der Waals surface area contributed by atoms with Crippen LogP contribution in [0.5, 0.6) is 5.75 Å². The van der Waals surface area contributed by atoms with Gasteiger partial charge in [-0.05, 0) is 50.3 Å². The Balaban J connectivity index is 1.72. The molecule has 1 fully saturated rings. The molecule has 0 aliphatic carbocycles. The molecule has 0 spiro atoms. The molecule has 0 radical (unpaired) electrons. The van der Waals surface area contributed by atoms with E-state index in [9.17, 15) is 9.59 Å². The van der Waals surface area contributed by atoms with Crippen LogP contribution in [0.1, 0.15) is 25.0 Å². The van der Waals surface area contributed by atoms with Gasteiger partial charge in [-0.3, -0.25) is 0 Å². The molecule has 0 amide bonds. The second-order valence-corrected chi connectivity index (χ2v) is 9.79. The van der Waals surface area contributed by atoms with Gasteiger partial charge in [0.15, 0.2) is 0 Å². The summed E-state index contributed by atoms with van der Waals surface area (Å²) in [5.41, 5.74) is 1.68. The summed E-state index contributed by atoms with van der Waals surface area (Å²) in [6.07, 6.45) is 5.28. The molecular formula is C34H36F2N4O5. The number of hydrogen-bond acceptors (Lipinski definition) is 7. The van der Waals surface area contributed by atoms with Crippen molar-refractivity contribution in [2.45, 2.75) is 13.8 Å². The van der Waals surface area contributed by atoms with Gasteiger partial charge in [0, 0.05) is 61.2 Å². The predicted octanol–water partition coefficient (Wildman–Crippen LogP) is 6.05. The van der Waals surface area contributed by atoms with Gasteiger partial charge in [-0.1, -0.05) is 30.3 Å². The highest BCUT2D eigenvalue weighted by Crippen LogP contribution is 2.28. The Hall–Kier alpha value is -5.19. The van der Waals surface area contributed by atoms with Gasteiger partial charge in [0.1, 0.15) is 23.1 Å². The molecule has 3 aromatic carbocycles. The van der Waals surface area contributed by atoms with Gasteiger partial charge in [0.2, 0.25) is 5.96 Å². The summed E-state index contributed by atoms with van der Waals surface area (Å²) in [5, 5.41) is 3.08. The highest BCUT2D eigenvalue weighted by atomic mass is 19.1. The average Bonchev–Trinajstić information content (AvgIpc) is 3.05. The molecule has 0 aromatic heterocycles. The van der Waals surface area contributed by atoms with Crippen molar-refractivity contribution in [3.63, 3.8) is 0 Å². The molecule has 11 heteroatoms. The standard InChI is InChI=1S/C34H36F2N4O5/c1-4-44-30(41)17-15-24-9-6-13-28(35)32(24)37-34(38-33-25(10-7-14-29(33)36)16-18-31(42)45-5-2)40-21-19-39(20-22-40)26-11-8-12-27(23-26)43-3/h6-18,23H,4-5,19-22H2,1-3H3,(H,37,38)/b17-15+,18-16+. The molecular weight excluding hydrogens is 582 g/mol. The van der Waals surface area contributed by atoms with Crippen molar-refractivity contribution in [1.29, 1.82) is 0 Å². The Morgan fingerprint density at radius 1 is 0.844 bits per heavy atom. The fourth-order valence-corrected chi connectivity index (χ4v) is 4.67. The Labute approximate surface area is 261 Å². The molecule has 45 heavy (non-hydrogen) atoms. The number of carbonyl (C=O) groups excluding carboxylic acids is 2. The van der Waals surface area contributed by atoms with Crippen molar-refractivity contribution in [3.8, 4) is 5.75 Å². The number of benzene rings is 3. The number of methoxy groups -OCH3 is 1. The van der Waals surface area contributed by atoms with Gasteiger partial charge in [-0.2, -0.15) is 0 Å². The second-order valence-electron chi connectivity index (χ2n) is 9.79. The van der Waals surface area contributed by atoms with Crippen molar-refractivity contribution in [1.82, 2.24) is 4.90 Å². The number of ether oxygens (including phenoxy) is 3. The number of rotatable bonds is 10. The van der Waals surface area contributed by atoms with Crippen molar-refractivity contribution in [2.24, 2.45) is 4.99 Å². The molecule has 236 valence electrons. The minimum absolute atomic E-state index is 0.0456.